The first-order valence-corrected chi connectivity index (χ1v) is 7.33. The van der Waals surface area contributed by atoms with Gasteiger partial charge in [-0.3, -0.25) is 4.79 Å². The second-order valence-corrected chi connectivity index (χ2v) is 6.65. The van der Waals surface area contributed by atoms with Crippen molar-refractivity contribution in [3.63, 3.8) is 0 Å². The van der Waals surface area contributed by atoms with Gasteiger partial charge in [0, 0.05) is 9.75 Å². The van der Waals surface area contributed by atoms with Gasteiger partial charge < -0.3 is 15.2 Å². The lowest BCUT2D eigenvalue weighted by Gasteiger charge is -2.22. The standard InChI is InChI=1S/C14H21NO4S/c1-5-9-6-7-11(20-9)10(8-12(16)17)15-13(18)19-14(2,3)4/h6-7,10H,5,8H2,1-4H3,(H,15,18)(H,16,17)/t10-/m0/s1. The summed E-state index contributed by atoms with van der Waals surface area (Å²) in [7, 11) is 0. The molecule has 1 amide bonds. The number of amides is 1. The van der Waals surface area contributed by atoms with Crippen molar-refractivity contribution in [2.75, 3.05) is 0 Å². The highest BCUT2D eigenvalue weighted by Gasteiger charge is 2.23. The van der Waals surface area contributed by atoms with Gasteiger partial charge in [0.15, 0.2) is 0 Å². The maximum absolute atomic E-state index is 11.8. The van der Waals surface area contributed by atoms with Crippen LogP contribution in [0.1, 0.15) is 49.9 Å². The molecule has 1 heterocycles. The lowest BCUT2D eigenvalue weighted by molar-refractivity contribution is -0.137. The molecule has 0 aliphatic carbocycles. The minimum absolute atomic E-state index is 0.164. The number of carbonyl (C=O) groups excluding carboxylic acids is 1. The predicted molar refractivity (Wildman–Crippen MR) is 78.1 cm³/mol. The van der Waals surface area contributed by atoms with Gasteiger partial charge in [-0.2, -0.15) is 0 Å². The molecule has 0 saturated carbocycles. The molecule has 1 atom stereocenters. The van der Waals surface area contributed by atoms with Gasteiger partial charge in [-0.05, 0) is 39.3 Å². The molecule has 0 radical (unpaired) electrons. The van der Waals surface area contributed by atoms with Crippen molar-refractivity contribution in [3.8, 4) is 0 Å². The van der Waals surface area contributed by atoms with Crippen LogP contribution in [0.25, 0.3) is 0 Å². The molecule has 2 N–H and O–H groups in total. The van der Waals surface area contributed by atoms with E-state index in [-0.39, 0.29) is 6.42 Å². The summed E-state index contributed by atoms with van der Waals surface area (Å²) in [6, 6.07) is 3.24. The smallest absolute Gasteiger partial charge is 0.408 e. The summed E-state index contributed by atoms with van der Waals surface area (Å²) in [6.45, 7) is 7.32. The number of hydrogen-bond donors (Lipinski definition) is 2. The average Bonchev–Trinajstić information content (AvgIpc) is 2.73. The first-order chi connectivity index (χ1) is 9.21. The monoisotopic (exact) mass is 299 g/mol. The number of aryl methyl sites for hydroxylation is 1. The number of alkyl carbamates (subject to hydrolysis) is 1. The summed E-state index contributed by atoms with van der Waals surface area (Å²) in [5.41, 5.74) is -0.609. The Bertz CT molecular complexity index is 476. The molecule has 1 aromatic heterocycles. The first-order valence-electron chi connectivity index (χ1n) is 6.51. The number of thiophene rings is 1. The van der Waals surface area contributed by atoms with Crippen molar-refractivity contribution < 1.29 is 19.4 Å². The van der Waals surface area contributed by atoms with Crippen molar-refractivity contribution >= 4 is 23.4 Å². The Kier molecular flexibility index (Phi) is 5.56. The van der Waals surface area contributed by atoms with Crippen LogP contribution in [-0.2, 0) is 16.0 Å². The topological polar surface area (TPSA) is 75.6 Å². The Morgan fingerprint density at radius 3 is 2.50 bits per heavy atom. The number of aliphatic carboxylic acids is 1. The quantitative estimate of drug-likeness (QED) is 0.874. The second-order valence-electron chi connectivity index (χ2n) is 5.45. The van der Waals surface area contributed by atoms with Gasteiger partial charge >= 0.3 is 12.1 Å². The Balaban J connectivity index is 2.79. The van der Waals surface area contributed by atoms with Crippen molar-refractivity contribution in [3.05, 3.63) is 21.9 Å². The minimum atomic E-state index is -0.961. The Morgan fingerprint density at radius 1 is 1.40 bits per heavy atom. The number of hydrogen-bond acceptors (Lipinski definition) is 4. The van der Waals surface area contributed by atoms with Crippen molar-refractivity contribution in [1.29, 1.82) is 0 Å². The van der Waals surface area contributed by atoms with Crippen LogP contribution in [0.5, 0.6) is 0 Å². The van der Waals surface area contributed by atoms with Gasteiger partial charge in [0.1, 0.15) is 5.60 Å². The minimum Gasteiger partial charge on any atom is -0.481 e. The summed E-state index contributed by atoms with van der Waals surface area (Å²) in [6.07, 6.45) is 0.120. The van der Waals surface area contributed by atoms with Crippen LogP contribution in [-0.4, -0.2) is 22.8 Å². The summed E-state index contributed by atoms with van der Waals surface area (Å²) in [5.74, 6) is -0.961. The van der Waals surface area contributed by atoms with E-state index in [9.17, 15) is 9.59 Å². The van der Waals surface area contributed by atoms with E-state index in [1.165, 1.54) is 11.3 Å². The maximum atomic E-state index is 11.8. The first kappa shape index (κ1) is 16.5. The number of carboxylic acids is 1. The molecule has 0 saturated heterocycles. The summed E-state index contributed by atoms with van der Waals surface area (Å²) in [5, 5.41) is 11.6. The molecule has 0 aliphatic heterocycles. The van der Waals surface area contributed by atoms with Crippen LogP contribution in [0.4, 0.5) is 4.79 Å². The van der Waals surface area contributed by atoms with Gasteiger partial charge in [0.05, 0.1) is 12.5 Å². The lowest BCUT2D eigenvalue weighted by atomic mass is 10.1. The normalized spacial score (nSPS) is 12.8. The van der Waals surface area contributed by atoms with Gasteiger partial charge in [-0.1, -0.05) is 6.92 Å². The lowest BCUT2D eigenvalue weighted by Crippen LogP contribution is -2.35. The molecule has 20 heavy (non-hydrogen) atoms. The van der Waals surface area contributed by atoms with Crippen LogP contribution < -0.4 is 5.32 Å². The summed E-state index contributed by atoms with van der Waals surface area (Å²) in [4.78, 5) is 24.7. The van der Waals surface area contributed by atoms with E-state index >= 15 is 0 Å². The molecule has 0 aliphatic rings. The number of carbonyl (C=O) groups is 2. The van der Waals surface area contributed by atoms with E-state index in [4.69, 9.17) is 9.84 Å². The third-order valence-electron chi connectivity index (χ3n) is 2.44. The molecule has 1 aromatic rings. The average molecular weight is 299 g/mol. The number of ether oxygens (including phenoxy) is 1. The zero-order valence-corrected chi connectivity index (χ0v) is 13.0. The highest BCUT2D eigenvalue weighted by Crippen LogP contribution is 2.26. The van der Waals surface area contributed by atoms with Crippen LogP contribution in [0.15, 0.2) is 12.1 Å². The predicted octanol–water partition coefficient (Wildman–Crippen LogP) is 3.35. The fourth-order valence-electron chi connectivity index (χ4n) is 1.62. The summed E-state index contributed by atoms with van der Waals surface area (Å²) < 4.78 is 5.17. The molecular weight excluding hydrogens is 278 g/mol. The third-order valence-corrected chi connectivity index (χ3v) is 3.79. The second kappa shape index (κ2) is 6.74. The molecule has 5 nitrogen and oxygen atoms in total. The number of carboxylic acid groups (broad SMARTS) is 1. The zero-order valence-electron chi connectivity index (χ0n) is 12.2. The van der Waals surface area contributed by atoms with Crippen LogP contribution in [0.2, 0.25) is 0 Å². The van der Waals surface area contributed by atoms with E-state index in [0.717, 1.165) is 16.2 Å². The molecule has 112 valence electrons. The van der Waals surface area contributed by atoms with Gasteiger partial charge in [0.2, 0.25) is 0 Å². The van der Waals surface area contributed by atoms with E-state index in [2.05, 4.69) is 5.32 Å². The molecule has 0 unspecified atom stereocenters. The van der Waals surface area contributed by atoms with E-state index in [0.29, 0.717) is 0 Å². The molecule has 0 bridgehead atoms. The molecule has 6 heteroatoms. The fourth-order valence-corrected chi connectivity index (χ4v) is 2.62. The Labute approximate surface area is 123 Å². The fraction of sp³-hybridized carbons (Fsp3) is 0.571. The Morgan fingerprint density at radius 2 is 2.05 bits per heavy atom. The molecular formula is C14H21NO4S. The van der Waals surface area contributed by atoms with Crippen LogP contribution in [0, 0.1) is 0 Å². The molecule has 0 fully saturated rings. The van der Waals surface area contributed by atoms with E-state index in [1.807, 2.05) is 19.1 Å². The molecule has 0 aromatic carbocycles. The van der Waals surface area contributed by atoms with Gasteiger partial charge in [0.25, 0.3) is 0 Å². The highest BCUT2D eigenvalue weighted by atomic mass is 32.1. The number of nitrogens with one attached hydrogen (secondary N) is 1. The largest absolute Gasteiger partial charge is 0.481 e. The van der Waals surface area contributed by atoms with Gasteiger partial charge in [-0.15, -0.1) is 11.3 Å². The highest BCUT2D eigenvalue weighted by molar-refractivity contribution is 7.12. The Hall–Kier alpha value is -1.56. The summed E-state index contributed by atoms with van der Waals surface area (Å²) >= 11 is 1.51. The maximum Gasteiger partial charge on any atom is 0.408 e. The van der Waals surface area contributed by atoms with Crippen molar-refractivity contribution in [2.24, 2.45) is 0 Å². The zero-order chi connectivity index (χ0) is 15.3. The SMILES string of the molecule is CCc1ccc([C@H](CC(=O)O)NC(=O)OC(C)(C)C)s1. The van der Waals surface area contributed by atoms with Crippen LogP contribution >= 0.6 is 11.3 Å². The molecule has 0 spiro atoms. The molecule has 1 rings (SSSR count). The third kappa shape index (κ3) is 5.61. The van der Waals surface area contributed by atoms with Gasteiger partial charge in [-0.25, -0.2) is 4.79 Å². The number of rotatable bonds is 5. The van der Waals surface area contributed by atoms with Crippen molar-refractivity contribution in [1.82, 2.24) is 5.32 Å². The van der Waals surface area contributed by atoms with Crippen LogP contribution in [0.3, 0.4) is 0 Å². The van der Waals surface area contributed by atoms with Crippen molar-refractivity contribution in [2.45, 2.75) is 52.2 Å². The van der Waals surface area contributed by atoms with E-state index in [1.54, 1.807) is 20.8 Å². The van der Waals surface area contributed by atoms with E-state index < -0.39 is 23.7 Å².